The highest BCUT2D eigenvalue weighted by atomic mass is 32.1. The van der Waals surface area contributed by atoms with Crippen LogP contribution < -0.4 is 5.32 Å². The SMILES string of the molecule is Cc1ccccc1C(=O)NCc1cc(C=CC(=O)O)cs1. The summed E-state index contributed by atoms with van der Waals surface area (Å²) < 4.78 is 0. The normalized spacial score (nSPS) is 10.7. The van der Waals surface area contributed by atoms with Crippen LogP contribution in [0.1, 0.15) is 26.4 Å². The first kappa shape index (κ1) is 15.0. The van der Waals surface area contributed by atoms with Crippen LogP contribution in [0.15, 0.2) is 41.8 Å². The van der Waals surface area contributed by atoms with Crippen LogP contribution in [0.2, 0.25) is 0 Å². The molecule has 21 heavy (non-hydrogen) atoms. The zero-order chi connectivity index (χ0) is 15.2. The van der Waals surface area contributed by atoms with Gasteiger partial charge in [-0.05, 0) is 41.6 Å². The molecule has 1 aromatic carbocycles. The van der Waals surface area contributed by atoms with E-state index in [1.807, 2.05) is 36.6 Å². The first-order valence-electron chi connectivity index (χ1n) is 6.38. The number of carboxylic acid groups (broad SMARTS) is 1. The molecule has 0 saturated carbocycles. The molecule has 0 spiro atoms. The first-order valence-corrected chi connectivity index (χ1v) is 7.26. The largest absolute Gasteiger partial charge is 0.478 e. The molecule has 5 heteroatoms. The van der Waals surface area contributed by atoms with Crippen molar-refractivity contribution in [1.29, 1.82) is 0 Å². The van der Waals surface area contributed by atoms with E-state index in [1.54, 1.807) is 6.07 Å². The average Bonchev–Trinajstić information content (AvgIpc) is 2.91. The highest BCUT2D eigenvalue weighted by molar-refractivity contribution is 7.10. The predicted molar refractivity (Wildman–Crippen MR) is 83.3 cm³/mol. The maximum Gasteiger partial charge on any atom is 0.328 e. The monoisotopic (exact) mass is 301 g/mol. The molecule has 4 nitrogen and oxygen atoms in total. The number of aryl methyl sites for hydroxylation is 1. The number of benzene rings is 1. The fourth-order valence-electron chi connectivity index (χ4n) is 1.84. The summed E-state index contributed by atoms with van der Waals surface area (Å²) in [5.41, 5.74) is 2.42. The van der Waals surface area contributed by atoms with Crippen LogP contribution in [-0.2, 0) is 11.3 Å². The van der Waals surface area contributed by atoms with Crippen LogP contribution in [0.4, 0.5) is 0 Å². The van der Waals surface area contributed by atoms with Crippen LogP contribution in [0.5, 0.6) is 0 Å². The van der Waals surface area contributed by atoms with Gasteiger partial charge in [0.05, 0.1) is 6.54 Å². The summed E-state index contributed by atoms with van der Waals surface area (Å²) in [6.07, 6.45) is 2.63. The van der Waals surface area contributed by atoms with E-state index >= 15 is 0 Å². The minimum absolute atomic E-state index is 0.107. The molecule has 0 radical (unpaired) electrons. The summed E-state index contributed by atoms with van der Waals surface area (Å²) in [6, 6.07) is 9.28. The van der Waals surface area contributed by atoms with Crippen molar-refractivity contribution in [3.8, 4) is 0 Å². The molecule has 0 aliphatic rings. The molecule has 108 valence electrons. The zero-order valence-electron chi connectivity index (χ0n) is 11.5. The van der Waals surface area contributed by atoms with E-state index in [0.29, 0.717) is 12.1 Å². The van der Waals surface area contributed by atoms with Gasteiger partial charge in [-0.2, -0.15) is 0 Å². The van der Waals surface area contributed by atoms with Crippen molar-refractivity contribution in [2.45, 2.75) is 13.5 Å². The maximum absolute atomic E-state index is 12.1. The average molecular weight is 301 g/mol. The summed E-state index contributed by atoms with van der Waals surface area (Å²) in [5.74, 6) is -1.08. The summed E-state index contributed by atoms with van der Waals surface area (Å²) >= 11 is 1.48. The van der Waals surface area contributed by atoms with Crippen molar-refractivity contribution in [2.24, 2.45) is 0 Å². The zero-order valence-corrected chi connectivity index (χ0v) is 12.3. The van der Waals surface area contributed by atoms with Gasteiger partial charge in [0.2, 0.25) is 0 Å². The Hall–Kier alpha value is -2.40. The Balaban J connectivity index is 1.96. The molecular formula is C16H15NO3S. The Kier molecular flexibility index (Phi) is 4.90. The van der Waals surface area contributed by atoms with Crippen molar-refractivity contribution in [3.05, 3.63) is 63.4 Å². The van der Waals surface area contributed by atoms with Crippen molar-refractivity contribution < 1.29 is 14.7 Å². The quantitative estimate of drug-likeness (QED) is 0.834. The molecule has 0 unspecified atom stereocenters. The lowest BCUT2D eigenvalue weighted by Crippen LogP contribution is -2.23. The first-order chi connectivity index (χ1) is 10.1. The lowest BCUT2D eigenvalue weighted by atomic mass is 10.1. The van der Waals surface area contributed by atoms with Crippen molar-refractivity contribution >= 4 is 29.3 Å². The van der Waals surface area contributed by atoms with E-state index in [9.17, 15) is 9.59 Å². The molecule has 2 aromatic rings. The minimum atomic E-state index is -0.976. The lowest BCUT2D eigenvalue weighted by Gasteiger charge is -2.06. The molecule has 0 aliphatic carbocycles. The van der Waals surface area contributed by atoms with Crippen LogP contribution in [-0.4, -0.2) is 17.0 Å². The number of aliphatic carboxylic acids is 1. The van der Waals surface area contributed by atoms with Crippen molar-refractivity contribution in [3.63, 3.8) is 0 Å². The van der Waals surface area contributed by atoms with E-state index in [4.69, 9.17) is 5.11 Å². The molecule has 0 aliphatic heterocycles. The molecule has 2 rings (SSSR count). The molecule has 0 atom stereocenters. The topological polar surface area (TPSA) is 66.4 Å². The molecule has 0 fully saturated rings. The van der Waals surface area contributed by atoms with Crippen molar-refractivity contribution in [2.75, 3.05) is 0 Å². The summed E-state index contributed by atoms with van der Waals surface area (Å²) in [6.45, 7) is 2.33. The van der Waals surface area contributed by atoms with Gasteiger partial charge in [-0.1, -0.05) is 18.2 Å². The van der Waals surface area contributed by atoms with Crippen molar-refractivity contribution in [1.82, 2.24) is 5.32 Å². The molecule has 0 bridgehead atoms. The van der Waals surface area contributed by atoms with E-state index in [-0.39, 0.29) is 5.91 Å². The molecule has 1 heterocycles. The summed E-state index contributed by atoms with van der Waals surface area (Å²) in [7, 11) is 0. The summed E-state index contributed by atoms with van der Waals surface area (Å²) in [5, 5.41) is 13.3. The predicted octanol–water partition coefficient (Wildman–Crippen LogP) is 3.08. The molecule has 0 saturated heterocycles. The minimum Gasteiger partial charge on any atom is -0.478 e. The number of hydrogen-bond donors (Lipinski definition) is 2. The van der Waals surface area contributed by atoms with Crippen LogP contribution in [0, 0.1) is 6.92 Å². The number of hydrogen-bond acceptors (Lipinski definition) is 3. The van der Waals surface area contributed by atoms with Gasteiger partial charge in [0, 0.05) is 16.5 Å². The van der Waals surface area contributed by atoms with Gasteiger partial charge in [-0.3, -0.25) is 4.79 Å². The Labute approximate surface area is 126 Å². The second kappa shape index (κ2) is 6.85. The number of carbonyl (C=O) groups is 2. The van der Waals surface area contributed by atoms with Gasteiger partial charge in [-0.25, -0.2) is 4.79 Å². The number of rotatable bonds is 5. The number of thiophene rings is 1. The molecule has 1 aromatic heterocycles. The second-order valence-corrected chi connectivity index (χ2v) is 5.51. The third-order valence-corrected chi connectivity index (χ3v) is 3.86. The van der Waals surface area contributed by atoms with Gasteiger partial charge in [0.15, 0.2) is 0 Å². The standard InChI is InChI=1S/C16H15NO3S/c1-11-4-2-3-5-14(11)16(20)17-9-13-8-12(10-21-13)6-7-15(18)19/h2-8,10H,9H2,1H3,(H,17,20)(H,18,19). The highest BCUT2D eigenvalue weighted by Gasteiger charge is 2.08. The fraction of sp³-hybridized carbons (Fsp3) is 0.125. The lowest BCUT2D eigenvalue weighted by molar-refractivity contribution is -0.131. The second-order valence-electron chi connectivity index (χ2n) is 4.52. The Morgan fingerprint density at radius 1 is 1.33 bits per heavy atom. The van der Waals surface area contributed by atoms with E-state index < -0.39 is 5.97 Å². The molecule has 1 amide bonds. The van der Waals surface area contributed by atoms with Crippen LogP contribution >= 0.6 is 11.3 Å². The fourth-order valence-corrected chi connectivity index (χ4v) is 2.63. The highest BCUT2D eigenvalue weighted by Crippen LogP contribution is 2.16. The van der Waals surface area contributed by atoms with Gasteiger partial charge >= 0.3 is 5.97 Å². The van der Waals surface area contributed by atoms with Gasteiger partial charge in [0.25, 0.3) is 5.91 Å². The van der Waals surface area contributed by atoms with E-state index in [2.05, 4.69) is 5.32 Å². The smallest absolute Gasteiger partial charge is 0.328 e. The molecular weight excluding hydrogens is 286 g/mol. The van der Waals surface area contributed by atoms with Gasteiger partial charge < -0.3 is 10.4 Å². The van der Waals surface area contributed by atoms with Crippen LogP contribution in [0.3, 0.4) is 0 Å². The number of carboxylic acids is 1. The summed E-state index contributed by atoms with van der Waals surface area (Å²) in [4.78, 5) is 23.5. The third kappa shape index (κ3) is 4.29. The Morgan fingerprint density at radius 3 is 2.81 bits per heavy atom. The third-order valence-electron chi connectivity index (χ3n) is 2.91. The van der Waals surface area contributed by atoms with Gasteiger partial charge in [-0.15, -0.1) is 11.3 Å². The van der Waals surface area contributed by atoms with Crippen LogP contribution in [0.25, 0.3) is 6.08 Å². The molecule has 2 N–H and O–H groups in total. The Bertz CT molecular complexity index is 688. The number of amides is 1. The Morgan fingerprint density at radius 2 is 2.10 bits per heavy atom. The van der Waals surface area contributed by atoms with E-state index in [1.165, 1.54) is 17.4 Å². The maximum atomic E-state index is 12.1. The van der Waals surface area contributed by atoms with E-state index in [0.717, 1.165) is 22.1 Å². The number of nitrogens with one attached hydrogen (secondary N) is 1. The number of carbonyl (C=O) groups excluding carboxylic acids is 1. The van der Waals surface area contributed by atoms with Gasteiger partial charge in [0.1, 0.15) is 0 Å².